The van der Waals surface area contributed by atoms with Crippen LogP contribution in [-0.4, -0.2) is 12.5 Å². The van der Waals surface area contributed by atoms with E-state index in [9.17, 15) is 4.79 Å². The maximum Gasteiger partial charge on any atom is 0.227 e. The summed E-state index contributed by atoms with van der Waals surface area (Å²) in [5, 5.41) is 3.17. The van der Waals surface area contributed by atoms with E-state index in [1.807, 2.05) is 13.0 Å². The van der Waals surface area contributed by atoms with Crippen LogP contribution in [0.15, 0.2) is 24.3 Å². The molecule has 0 spiro atoms. The molecule has 20 heavy (non-hydrogen) atoms. The molecule has 1 aromatic rings. The van der Waals surface area contributed by atoms with E-state index in [1.54, 1.807) is 0 Å². The zero-order valence-corrected chi connectivity index (χ0v) is 12.6. The van der Waals surface area contributed by atoms with Crippen LogP contribution >= 0.6 is 0 Å². The van der Waals surface area contributed by atoms with Gasteiger partial charge in [0.05, 0.1) is 11.5 Å². The molecular weight excluding hydrogens is 248 g/mol. The third kappa shape index (κ3) is 3.21. The molecule has 3 nitrogen and oxygen atoms in total. The van der Waals surface area contributed by atoms with Gasteiger partial charge in [0.25, 0.3) is 0 Å². The van der Waals surface area contributed by atoms with Crippen molar-refractivity contribution in [2.24, 2.45) is 11.1 Å². The minimum absolute atomic E-state index is 0.0350. The lowest BCUT2D eigenvalue weighted by Gasteiger charge is -2.35. The molecule has 3 N–H and O–H groups in total. The van der Waals surface area contributed by atoms with Crippen molar-refractivity contribution < 1.29 is 4.79 Å². The summed E-state index contributed by atoms with van der Waals surface area (Å²) < 4.78 is 0. The normalized spacial score (nSPS) is 19.4. The largest absolute Gasteiger partial charge is 0.349 e. The highest BCUT2D eigenvalue weighted by atomic mass is 16.2. The minimum atomic E-state index is -0.337. The third-order valence-electron chi connectivity index (χ3n) is 4.57. The summed E-state index contributed by atoms with van der Waals surface area (Å²) in [5.74, 6) is 0.133. The van der Waals surface area contributed by atoms with Gasteiger partial charge < -0.3 is 11.1 Å². The fourth-order valence-corrected chi connectivity index (χ4v) is 3.12. The number of aryl methyl sites for hydroxylation is 1. The smallest absolute Gasteiger partial charge is 0.227 e. The Morgan fingerprint density at radius 2 is 2.05 bits per heavy atom. The van der Waals surface area contributed by atoms with Crippen LogP contribution in [0.5, 0.6) is 0 Å². The maximum absolute atomic E-state index is 12.6. The van der Waals surface area contributed by atoms with Gasteiger partial charge in [-0.25, -0.2) is 0 Å². The van der Waals surface area contributed by atoms with E-state index in [1.165, 1.54) is 12.0 Å². The molecule has 1 aliphatic carbocycles. The van der Waals surface area contributed by atoms with Gasteiger partial charge in [0.15, 0.2) is 0 Å². The summed E-state index contributed by atoms with van der Waals surface area (Å²) in [6.45, 7) is 4.57. The maximum atomic E-state index is 12.6. The first-order valence-electron chi connectivity index (χ1n) is 7.65. The summed E-state index contributed by atoms with van der Waals surface area (Å²) in [4.78, 5) is 12.6. The first-order chi connectivity index (χ1) is 9.57. The van der Waals surface area contributed by atoms with Crippen LogP contribution in [0.25, 0.3) is 0 Å². The van der Waals surface area contributed by atoms with Gasteiger partial charge in [-0.2, -0.15) is 0 Å². The van der Waals surface area contributed by atoms with E-state index in [0.29, 0.717) is 6.54 Å². The van der Waals surface area contributed by atoms with Crippen molar-refractivity contribution in [3.63, 3.8) is 0 Å². The molecule has 0 heterocycles. The van der Waals surface area contributed by atoms with Crippen molar-refractivity contribution in [1.82, 2.24) is 5.32 Å². The van der Waals surface area contributed by atoms with Gasteiger partial charge in [-0.3, -0.25) is 4.79 Å². The number of hydrogen-bond donors (Lipinski definition) is 2. The highest BCUT2D eigenvalue weighted by Gasteiger charge is 2.38. The molecule has 1 atom stereocenters. The topological polar surface area (TPSA) is 55.1 Å². The number of carbonyl (C=O) groups excluding carboxylic acids is 1. The molecule has 0 aliphatic heterocycles. The van der Waals surface area contributed by atoms with E-state index in [0.717, 1.165) is 31.2 Å². The third-order valence-corrected chi connectivity index (χ3v) is 4.57. The first-order valence-corrected chi connectivity index (χ1v) is 7.65. The van der Waals surface area contributed by atoms with Gasteiger partial charge in [0.2, 0.25) is 5.91 Å². The molecule has 1 saturated carbocycles. The Kier molecular flexibility index (Phi) is 4.81. The Hall–Kier alpha value is -1.35. The Bertz CT molecular complexity index is 464. The number of carbonyl (C=O) groups is 1. The highest BCUT2D eigenvalue weighted by Crippen LogP contribution is 2.36. The molecule has 1 amide bonds. The molecule has 3 heteroatoms. The van der Waals surface area contributed by atoms with Crippen molar-refractivity contribution in [3.05, 3.63) is 35.4 Å². The Balaban J connectivity index is 2.06. The number of hydrogen-bond acceptors (Lipinski definition) is 2. The lowest BCUT2D eigenvalue weighted by Crippen LogP contribution is -2.47. The summed E-state index contributed by atoms with van der Waals surface area (Å²) >= 11 is 0. The molecular formula is C17H26N2O. The molecule has 0 radical (unpaired) electrons. The zero-order valence-electron chi connectivity index (χ0n) is 12.6. The second-order valence-electron chi connectivity index (χ2n) is 6.15. The lowest BCUT2D eigenvalue weighted by molar-refractivity contribution is -0.133. The standard InChI is InChI=1S/C17H26N2O/c1-13-7-6-8-15(11-13)14(2)19-16(20)17(12-18)9-4-3-5-10-17/h6-8,11,14H,3-5,9-10,12,18H2,1-2H3,(H,19,20)/t14-/m0/s1. The van der Waals surface area contributed by atoms with E-state index in [4.69, 9.17) is 5.73 Å². The quantitative estimate of drug-likeness (QED) is 0.886. The molecule has 110 valence electrons. The number of rotatable bonds is 4. The average molecular weight is 274 g/mol. The highest BCUT2D eigenvalue weighted by molar-refractivity contribution is 5.83. The van der Waals surface area contributed by atoms with Gasteiger partial charge in [-0.05, 0) is 32.3 Å². The number of benzene rings is 1. The van der Waals surface area contributed by atoms with Crippen LogP contribution < -0.4 is 11.1 Å². The second kappa shape index (κ2) is 6.40. The Morgan fingerprint density at radius 3 is 2.65 bits per heavy atom. The van der Waals surface area contributed by atoms with E-state index < -0.39 is 0 Å². The number of nitrogens with one attached hydrogen (secondary N) is 1. The summed E-state index contributed by atoms with van der Waals surface area (Å²) in [6.07, 6.45) is 5.31. The van der Waals surface area contributed by atoms with Crippen molar-refractivity contribution in [3.8, 4) is 0 Å². The van der Waals surface area contributed by atoms with Crippen LogP contribution in [-0.2, 0) is 4.79 Å². The summed E-state index contributed by atoms with van der Waals surface area (Å²) in [6, 6.07) is 8.33. The molecule has 0 saturated heterocycles. The monoisotopic (exact) mass is 274 g/mol. The van der Waals surface area contributed by atoms with Crippen molar-refractivity contribution in [1.29, 1.82) is 0 Å². The van der Waals surface area contributed by atoms with E-state index >= 15 is 0 Å². The average Bonchev–Trinajstić information content (AvgIpc) is 2.47. The van der Waals surface area contributed by atoms with E-state index in [-0.39, 0.29) is 17.4 Å². The van der Waals surface area contributed by atoms with Gasteiger partial charge >= 0.3 is 0 Å². The summed E-state index contributed by atoms with van der Waals surface area (Å²) in [7, 11) is 0. The lowest BCUT2D eigenvalue weighted by atomic mass is 9.73. The van der Waals surface area contributed by atoms with Gasteiger partial charge in [0, 0.05) is 6.54 Å². The molecule has 1 fully saturated rings. The predicted molar refractivity (Wildman–Crippen MR) is 82.3 cm³/mol. The van der Waals surface area contributed by atoms with Gasteiger partial charge in [-0.1, -0.05) is 49.1 Å². The van der Waals surface area contributed by atoms with E-state index in [2.05, 4.69) is 30.4 Å². The number of amides is 1. The molecule has 2 rings (SSSR count). The van der Waals surface area contributed by atoms with Gasteiger partial charge in [-0.15, -0.1) is 0 Å². The Morgan fingerprint density at radius 1 is 1.35 bits per heavy atom. The molecule has 1 aliphatic rings. The van der Waals surface area contributed by atoms with Crippen LogP contribution in [0.4, 0.5) is 0 Å². The molecule has 1 aromatic carbocycles. The number of nitrogens with two attached hydrogens (primary N) is 1. The van der Waals surface area contributed by atoms with Crippen molar-refractivity contribution in [2.75, 3.05) is 6.54 Å². The van der Waals surface area contributed by atoms with Crippen LogP contribution in [0.1, 0.15) is 56.2 Å². The molecule has 0 aromatic heterocycles. The minimum Gasteiger partial charge on any atom is -0.349 e. The van der Waals surface area contributed by atoms with Crippen LogP contribution in [0.2, 0.25) is 0 Å². The SMILES string of the molecule is Cc1cccc([C@H](C)NC(=O)C2(CN)CCCCC2)c1. The first kappa shape index (κ1) is 15.0. The fourth-order valence-electron chi connectivity index (χ4n) is 3.12. The summed E-state index contributed by atoms with van der Waals surface area (Å²) in [5.41, 5.74) is 7.95. The fraction of sp³-hybridized carbons (Fsp3) is 0.588. The second-order valence-corrected chi connectivity index (χ2v) is 6.15. The molecule has 0 unspecified atom stereocenters. The molecule has 0 bridgehead atoms. The zero-order chi connectivity index (χ0) is 14.6. The predicted octanol–water partition coefficient (Wildman–Crippen LogP) is 3.08. The van der Waals surface area contributed by atoms with Crippen molar-refractivity contribution >= 4 is 5.91 Å². The van der Waals surface area contributed by atoms with Crippen molar-refractivity contribution in [2.45, 2.75) is 52.0 Å². The van der Waals surface area contributed by atoms with Crippen LogP contribution in [0.3, 0.4) is 0 Å². The van der Waals surface area contributed by atoms with Gasteiger partial charge in [0.1, 0.15) is 0 Å². The Labute approximate surface area is 121 Å². The van der Waals surface area contributed by atoms with Crippen LogP contribution in [0, 0.1) is 12.3 Å².